The Hall–Kier alpha value is -1.46. The van der Waals surface area contributed by atoms with Crippen molar-refractivity contribution < 1.29 is 0 Å². The summed E-state index contributed by atoms with van der Waals surface area (Å²) >= 11 is 7.06. The maximum Gasteiger partial charge on any atom is 0.169 e. The minimum absolute atomic E-state index is 0.155. The summed E-state index contributed by atoms with van der Waals surface area (Å²) in [5.74, 6) is 0. The number of hydrogen-bond donors (Lipinski definition) is 1. The van der Waals surface area contributed by atoms with Crippen LogP contribution in [0.15, 0.2) is 36.9 Å². The maximum absolute atomic E-state index is 5.34. The van der Waals surface area contributed by atoms with Crippen LogP contribution in [-0.2, 0) is 0 Å². The number of fused-ring (bicyclic) bond motifs is 1. The van der Waals surface area contributed by atoms with Gasteiger partial charge < -0.3 is 10.2 Å². The van der Waals surface area contributed by atoms with E-state index in [1.807, 2.05) is 30.1 Å². The Bertz CT molecular complexity index is 558. The predicted octanol–water partition coefficient (Wildman–Crippen LogP) is 3.35. The molecular formula is C14H17N3S2. The van der Waals surface area contributed by atoms with Crippen LogP contribution in [0.25, 0.3) is 10.2 Å². The first-order valence-electron chi connectivity index (χ1n) is 6.10. The Kier molecular flexibility index (Phi) is 4.50. The molecule has 0 aliphatic rings. The Morgan fingerprint density at radius 1 is 1.58 bits per heavy atom. The number of para-hydroxylation sites is 1. The van der Waals surface area contributed by atoms with Gasteiger partial charge in [-0.1, -0.05) is 18.2 Å². The molecule has 1 aromatic heterocycles. The van der Waals surface area contributed by atoms with Crippen molar-refractivity contribution in [3.05, 3.63) is 41.9 Å². The highest BCUT2D eigenvalue weighted by molar-refractivity contribution is 7.80. The SMILES string of the molecule is C=CCNC(=S)N(C)[C@H](C)c1nc2ccccc2s1. The predicted molar refractivity (Wildman–Crippen MR) is 86.6 cm³/mol. The summed E-state index contributed by atoms with van der Waals surface area (Å²) in [4.78, 5) is 6.69. The first kappa shape index (κ1) is 14.0. The van der Waals surface area contributed by atoms with Crippen molar-refractivity contribution in [1.82, 2.24) is 15.2 Å². The van der Waals surface area contributed by atoms with Gasteiger partial charge in [-0.25, -0.2) is 4.98 Å². The van der Waals surface area contributed by atoms with Gasteiger partial charge in [0.2, 0.25) is 0 Å². The number of nitrogens with zero attached hydrogens (tertiary/aromatic N) is 2. The molecular weight excluding hydrogens is 274 g/mol. The first-order chi connectivity index (χ1) is 9.13. The highest BCUT2D eigenvalue weighted by atomic mass is 32.1. The lowest BCUT2D eigenvalue weighted by atomic mass is 10.3. The van der Waals surface area contributed by atoms with Crippen LogP contribution in [0.1, 0.15) is 18.0 Å². The van der Waals surface area contributed by atoms with E-state index in [4.69, 9.17) is 12.2 Å². The van der Waals surface area contributed by atoms with Gasteiger partial charge in [0, 0.05) is 13.6 Å². The van der Waals surface area contributed by atoms with E-state index in [1.54, 1.807) is 17.4 Å². The molecule has 1 heterocycles. The molecule has 0 unspecified atom stereocenters. The Morgan fingerprint density at radius 2 is 2.32 bits per heavy atom. The fourth-order valence-electron chi connectivity index (χ4n) is 1.69. The van der Waals surface area contributed by atoms with Gasteiger partial charge >= 0.3 is 0 Å². The van der Waals surface area contributed by atoms with E-state index in [9.17, 15) is 0 Å². The highest BCUT2D eigenvalue weighted by Gasteiger charge is 2.17. The number of benzene rings is 1. The van der Waals surface area contributed by atoms with Crippen molar-refractivity contribution in [3.63, 3.8) is 0 Å². The number of thiazole rings is 1. The molecule has 0 radical (unpaired) electrons. The van der Waals surface area contributed by atoms with E-state index in [2.05, 4.69) is 29.9 Å². The lowest BCUT2D eigenvalue weighted by Crippen LogP contribution is -2.38. The summed E-state index contributed by atoms with van der Waals surface area (Å²) in [5.41, 5.74) is 1.05. The van der Waals surface area contributed by atoms with Crippen molar-refractivity contribution in [3.8, 4) is 0 Å². The van der Waals surface area contributed by atoms with Crippen molar-refractivity contribution in [2.24, 2.45) is 0 Å². The van der Waals surface area contributed by atoms with Crippen LogP contribution < -0.4 is 5.32 Å². The lowest BCUT2D eigenvalue weighted by molar-refractivity contribution is 0.396. The van der Waals surface area contributed by atoms with Gasteiger partial charge in [-0.15, -0.1) is 17.9 Å². The van der Waals surface area contributed by atoms with E-state index >= 15 is 0 Å². The van der Waals surface area contributed by atoms with Gasteiger partial charge in [0.05, 0.1) is 16.3 Å². The molecule has 0 saturated carbocycles. The molecule has 0 bridgehead atoms. The maximum atomic E-state index is 5.34. The molecule has 2 rings (SSSR count). The molecule has 1 N–H and O–H groups in total. The zero-order valence-electron chi connectivity index (χ0n) is 11.1. The third-order valence-corrected chi connectivity index (χ3v) is 4.61. The fourth-order valence-corrected chi connectivity index (χ4v) is 3.00. The second-order valence-corrected chi connectivity index (χ2v) is 5.73. The summed E-state index contributed by atoms with van der Waals surface area (Å²) in [7, 11) is 1.98. The van der Waals surface area contributed by atoms with Crippen LogP contribution in [0.5, 0.6) is 0 Å². The summed E-state index contributed by atoms with van der Waals surface area (Å²) < 4.78 is 1.21. The average molecular weight is 291 g/mol. The largest absolute Gasteiger partial charge is 0.359 e. The quantitative estimate of drug-likeness (QED) is 0.691. The highest BCUT2D eigenvalue weighted by Crippen LogP contribution is 2.28. The van der Waals surface area contributed by atoms with Gasteiger partial charge in [0.15, 0.2) is 5.11 Å². The van der Waals surface area contributed by atoms with E-state index in [1.165, 1.54) is 4.70 Å². The van der Waals surface area contributed by atoms with E-state index in [0.717, 1.165) is 10.5 Å². The molecule has 0 aliphatic carbocycles. The zero-order chi connectivity index (χ0) is 13.8. The number of nitrogens with one attached hydrogen (secondary N) is 1. The zero-order valence-corrected chi connectivity index (χ0v) is 12.7. The van der Waals surface area contributed by atoms with Gasteiger partial charge in [0.25, 0.3) is 0 Å². The Labute approximate surface area is 123 Å². The summed E-state index contributed by atoms with van der Waals surface area (Å²) in [6.07, 6.45) is 1.79. The summed E-state index contributed by atoms with van der Waals surface area (Å²) in [6, 6.07) is 8.33. The van der Waals surface area contributed by atoms with Crippen LogP contribution in [0.4, 0.5) is 0 Å². The standard InChI is InChI=1S/C14H17N3S2/c1-4-9-15-14(18)17(3)10(2)13-16-11-7-5-6-8-12(11)19-13/h4-8,10H,1,9H2,2-3H3,(H,15,18)/t10-/m1/s1. The van der Waals surface area contributed by atoms with Crippen LogP contribution in [0, 0.1) is 0 Å². The summed E-state index contributed by atoms with van der Waals surface area (Å²) in [6.45, 7) is 6.46. The molecule has 2 aromatic rings. The minimum Gasteiger partial charge on any atom is -0.359 e. The van der Waals surface area contributed by atoms with Crippen LogP contribution >= 0.6 is 23.6 Å². The topological polar surface area (TPSA) is 28.2 Å². The van der Waals surface area contributed by atoms with Crippen molar-refractivity contribution in [2.45, 2.75) is 13.0 Å². The Balaban J connectivity index is 2.16. The van der Waals surface area contributed by atoms with E-state index < -0.39 is 0 Å². The third kappa shape index (κ3) is 3.11. The molecule has 19 heavy (non-hydrogen) atoms. The molecule has 0 amide bonds. The monoisotopic (exact) mass is 291 g/mol. The molecule has 3 nitrogen and oxygen atoms in total. The van der Waals surface area contributed by atoms with Crippen molar-refractivity contribution in [1.29, 1.82) is 0 Å². The normalized spacial score (nSPS) is 12.1. The lowest BCUT2D eigenvalue weighted by Gasteiger charge is -2.26. The number of aromatic nitrogens is 1. The molecule has 1 aromatic carbocycles. The number of rotatable bonds is 4. The summed E-state index contributed by atoms with van der Waals surface area (Å²) in [5, 5.41) is 4.92. The molecule has 100 valence electrons. The molecule has 5 heteroatoms. The third-order valence-electron chi connectivity index (χ3n) is 2.97. The van der Waals surface area contributed by atoms with Gasteiger partial charge in [-0.3, -0.25) is 0 Å². The molecule has 1 atom stereocenters. The fraction of sp³-hybridized carbons (Fsp3) is 0.286. The number of hydrogen-bond acceptors (Lipinski definition) is 3. The molecule has 0 fully saturated rings. The molecule has 0 aliphatic heterocycles. The average Bonchev–Trinajstić information content (AvgIpc) is 2.86. The Morgan fingerprint density at radius 3 is 3.00 bits per heavy atom. The van der Waals surface area contributed by atoms with Gasteiger partial charge in [0.1, 0.15) is 5.01 Å². The smallest absolute Gasteiger partial charge is 0.169 e. The van der Waals surface area contributed by atoms with Crippen molar-refractivity contribution >= 4 is 38.9 Å². The second kappa shape index (κ2) is 6.12. The second-order valence-electron chi connectivity index (χ2n) is 4.28. The van der Waals surface area contributed by atoms with Gasteiger partial charge in [-0.2, -0.15) is 0 Å². The minimum atomic E-state index is 0.155. The van der Waals surface area contributed by atoms with Crippen molar-refractivity contribution in [2.75, 3.05) is 13.6 Å². The van der Waals surface area contributed by atoms with Crippen LogP contribution in [0.2, 0.25) is 0 Å². The number of thiocarbonyl (C=S) groups is 1. The van der Waals surface area contributed by atoms with E-state index in [-0.39, 0.29) is 6.04 Å². The van der Waals surface area contributed by atoms with Crippen LogP contribution in [0.3, 0.4) is 0 Å². The van der Waals surface area contributed by atoms with Crippen LogP contribution in [-0.4, -0.2) is 28.6 Å². The van der Waals surface area contributed by atoms with Gasteiger partial charge in [-0.05, 0) is 31.3 Å². The molecule has 0 saturated heterocycles. The first-order valence-corrected chi connectivity index (χ1v) is 7.33. The molecule has 0 spiro atoms. The van der Waals surface area contributed by atoms with E-state index in [0.29, 0.717) is 11.7 Å².